The van der Waals surface area contributed by atoms with Crippen LogP contribution in [-0.2, 0) is 0 Å². The van der Waals surface area contributed by atoms with Crippen molar-refractivity contribution in [2.24, 2.45) is 0 Å². The number of nitrogens with zero attached hydrogens (tertiary/aromatic N) is 2. The molecule has 47 heavy (non-hydrogen) atoms. The van der Waals surface area contributed by atoms with Crippen LogP contribution in [0.15, 0.2) is 164 Å². The Labute approximate surface area is 272 Å². The van der Waals surface area contributed by atoms with Crippen LogP contribution in [0.4, 0.5) is 0 Å². The SMILES string of the molecule is Cc1ccc2c(-n3c4ccccc4c4cc(-c5ccc6c(c5)c5ccccc5n6-c5cccc6ccccc56)ccc43)cccc2c1. The summed E-state index contributed by atoms with van der Waals surface area (Å²) in [5.74, 6) is 0. The van der Waals surface area contributed by atoms with E-state index in [9.17, 15) is 0 Å². The fourth-order valence-electron chi connectivity index (χ4n) is 7.81. The molecule has 0 saturated heterocycles. The number of rotatable bonds is 3. The van der Waals surface area contributed by atoms with E-state index in [1.807, 2.05) is 0 Å². The molecule has 0 amide bonds. The molecule has 10 aromatic rings. The van der Waals surface area contributed by atoms with Gasteiger partial charge in [0.05, 0.1) is 33.4 Å². The van der Waals surface area contributed by atoms with Crippen LogP contribution in [0.2, 0.25) is 0 Å². The molecule has 8 aromatic carbocycles. The first-order chi connectivity index (χ1) is 23.2. The highest BCUT2D eigenvalue weighted by Gasteiger charge is 2.17. The Morgan fingerprint density at radius 3 is 1.40 bits per heavy atom. The number of hydrogen-bond donors (Lipinski definition) is 0. The average molecular weight is 599 g/mol. The van der Waals surface area contributed by atoms with E-state index in [2.05, 4.69) is 180 Å². The lowest BCUT2D eigenvalue weighted by Crippen LogP contribution is -1.95. The van der Waals surface area contributed by atoms with E-state index in [1.165, 1.54) is 93.2 Å². The highest BCUT2D eigenvalue weighted by atomic mass is 15.0. The number of fused-ring (bicyclic) bond motifs is 8. The first-order valence-corrected chi connectivity index (χ1v) is 16.3. The third kappa shape index (κ3) is 3.85. The van der Waals surface area contributed by atoms with Crippen LogP contribution >= 0.6 is 0 Å². The first-order valence-electron chi connectivity index (χ1n) is 16.3. The second kappa shape index (κ2) is 9.94. The molecule has 0 aliphatic heterocycles. The third-order valence-electron chi connectivity index (χ3n) is 9.94. The zero-order valence-electron chi connectivity index (χ0n) is 26.0. The maximum absolute atomic E-state index is 2.44. The van der Waals surface area contributed by atoms with Gasteiger partial charge < -0.3 is 9.13 Å². The van der Waals surface area contributed by atoms with Crippen LogP contribution in [-0.4, -0.2) is 9.13 Å². The van der Waals surface area contributed by atoms with E-state index in [1.54, 1.807) is 0 Å². The number of aryl methyl sites for hydroxylation is 1. The average Bonchev–Trinajstić information content (AvgIpc) is 3.63. The normalized spacial score (nSPS) is 11.9. The Morgan fingerprint density at radius 2 is 0.787 bits per heavy atom. The lowest BCUT2D eigenvalue weighted by molar-refractivity contribution is 1.20. The van der Waals surface area contributed by atoms with Gasteiger partial charge in [-0.1, -0.05) is 121 Å². The summed E-state index contributed by atoms with van der Waals surface area (Å²) in [6.07, 6.45) is 0. The molecule has 0 aliphatic rings. The maximum atomic E-state index is 2.44. The second-order valence-corrected chi connectivity index (χ2v) is 12.7. The molecular formula is C45H30N2. The molecule has 0 aliphatic carbocycles. The molecule has 0 spiro atoms. The molecule has 0 bridgehead atoms. The maximum Gasteiger partial charge on any atom is 0.0541 e. The molecule has 0 fully saturated rings. The van der Waals surface area contributed by atoms with Crippen molar-refractivity contribution in [1.29, 1.82) is 0 Å². The zero-order valence-corrected chi connectivity index (χ0v) is 26.0. The standard InChI is InChI=1S/C45H30N2/c1-29-20-23-35-33(26-29)12-9-19-41(35)47-43-17-7-5-15-37(43)39-28-32(22-25-45(39)47)31-21-24-44-38(27-31)36-14-4-6-16-42(36)46(44)40-18-8-11-30-10-2-3-13-34(30)40/h2-28H,1H3. The van der Waals surface area contributed by atoms with E-state index in [4.69, 9.17) is 0 Å². The quantitative estimate of drug-likeness (QED) is 0.191. The summed E-state index contributed by atoms with van der Waals surface area (Å²) in [5.41, 5.74) is 11.0. The molecule has 0 unspecified atom stereocenters. The minimum atomic E-state index is 1.21. The fraction of sp³-hybridized carbons (Fsp3) is 0.0222. The Balaban J connectivity index is 1.19. The van der Waals surface area contributed by atoms with E-state index in [0.29, 0.717) is 0 Å². The van der Waals surface area contributed by atoms with E-state index in [0.717, 1.165) is 0 Å². The largest absolute Gasteiger partial charge is 0.309 e. The first kappa shape index (κ1) is 26.1. The van der Waals surface area contributed by atoms with Crippen LogP contribution in [0.25, 0.3) is 87.7 Å². The van der Waals surface area contributed by atoms with Gasteiger partial charge in [0.15, 0.2) is 0 Å². The zero-order chi connectivity index (χ0) is 31.1. The summed E-state index contributed by atoms with van der Waals surface area (Å²) in [4.78, 5) is 0. The lowest BCUT2D eigenvalue weighted by Gasteiger charge is -2.12. The van der Waals surface area contributed by atoms with Crippen molar-refractivity contribution < 1.29 is 0 Å². The molecule has 0 radical (unpaired) electrons. The Morgan fingerprint density at radius 1 is 0.319 bits per heavy atom. The number of aromatic nitrogens is 2. The molecule has 0 saturated carbocycles. The fourth-order valence-corrected chi connectivity index (χ4v) is 7.81. The Bertz CT molecular complexity index is 2860. The number of hydrogen-bond acceptors (Lipinski definition) is 0. The van der Waals surface area contributed by atoms with Gasteiger partial charge in [-0.3, -0.25) is 0 Å². The van der Waals surface area contributed by atoms with Gasteiger partial charge in [-0.15, -0.1) is 0 Å². The Hall–Kier alpha value is -6.12. The molecule has 0 N–H and O–H groups in total. The van der Waals surface area contributed by atoms with Crippen LogP contribution in [0.1, 0.15) is 5.56 Å². The van der Waals surface area contributed by atoms with Crippen molar-refractivity contribution >= 4 is 65.2 Å². The van der Waals surface area contributed by atoms with Gasteiger partial charge in [-0.2, -0.15) is 0 Å². The van der Waals surface area contributed by atoms with Gasteiger partial charge in [0.2, 0.25) is 0 Å². The van der Waals surface area contributed by atoms with Gasteiger partial charge in [0, 0.05) is 32.3 Å². The molecule has 10 rings (SSSR count). The molecule has 2 heteroatoms. The van der Waals surface area contributed by atoms with Crippen molar-refractivity contribution in [1.82, 2.24) is 9.13 Å². The van der Waals surface area contributed by atoms with E-state index < -0.39 is 0 Å². The molecule has 2 heterocycles. The smallest absolute Gasteiger partial charge is 0.0541 e. The molecule has 220 valence electrons. The highest BCUT2D eigenvalue weighted by Crippen LogP contribution is 2.40. The van der Waals surface area contributed by atoms with Crippen LogP contribution in [0.3, 0.4) is 0 Å². The topological polar surface area (TPSA) is 9.86 Å². The van der Waals surface area contributed by atoms with E-state index in [-0.39, 0.29) is 0 Å². The van der Waals surface area contributed by atoms with Crippen molar-refractivity contribution in [3.8, 4) is 22.5 Å². The number of benzene rings is 8. The van der Waals surface area contributed by atoms with Gasteiger partial charge in [-0.25, -0.2) is 0 Å². The predicted molar refractivity (Wildman–Crippen MR) is 200 cm³/mol. The van der Waals surface area contributed by atoms with Crippen LogP contribution < -0.4 is 0 Å². The minimum absolute atomic E-state index is 1.21. The highest BCUT2D eigenvalue weighted by molar-refractivity contribution is 6.14. The third-order valence-corrected chi connectivity index (χ3v) is 9.94. The summed E-state index contributed by atoms with van der Waals surface area (Å²) < 4.78 is 4.87. The second-order valence-electron chi connectivity index (χ2n) is 12.7. The van der Waals surface area contributed by atoms with Gasteiger partial charge >= 0.3 is 0 Å². The van der Waals surface area contributed by atoms with Crippen LogP contribution in [0.5, 0.6) is 0 Å². The predicted octanol–water partition coefficient (Wildman–Crippen LogP) is 12.2. The summed E-state index contributed by atoms with van der Waals surface area (Å²) in [6.45, 7) is 2.16. The monoisotopic (exact) mass is 598 g/mol. The van der Waals surface area contributed by atoms with E-state index >= 15 is 0 Å². The van der Waals surface area contributed by atoms with Crippen molar-refractivity contribution in [2.75, 3.05) is 0 Å². The van der Waals surface area contributed by atoms with Crippen molar-refractivity contribution in [3.05, 3.63) is 169 Å². The molecule has 0 atom stereocenters. The molecule has 2 aromatic heterocycles. The van der Waals surface area contributed by atoms with Crippen molar-refractivity contribution in [3.63, 3.8) is 0 Å². The van der Waals surface area contributed by atoms with Gasteiger partial charge in [0.25, 0.3) is 0 Å². The summed E-state index contributed by atoms with van der Waals surface area (Å²) in [6, 6.07) is 60.2. The summed E-state index contributed by atoms with van der Waals surface area (Å²) in [7, 11) is 0. The lowest BCUT2D eigenvalue weighted by atomic mass is 10.0. The van der Waals surface area contributed by atoms with Crippen LogP contribution in [0, 0.1) is 6.92 Å². The molecular weight excluding hydrogens is 569 g/mol. The van der Waals surface area contributed by atoms with Gasteiger partial charge in [0.1, 0.15) is 0 Å². The van der Waals surface area contributed by atoms with Gasteiger partial charge in [-0.05, 0) is 77.4 Å². The Kier molecular flexibility index (Phi) is 5.53. The molecule has 2 nitrogen and oxygen atoms in total. The number of para-hydroxylation sites is 2. The minimum Gasteiger partial charge on any atom is -0.309 e. The van der Waals surface area contributed by atoms with Crippen molar-refractivity contribution in [2.45, 2.75) is 6.92 Å². The summed E-state index contributed by atoms with van der Waals surface area (Å²) >= 11 is 0. The summed E-state index contributed by atoms with van der Waals surface area (Å²) in [5, 5.41) is 10.1.